The van der Waals surface area contributed by atoms with E-state index in [0.717, 1.165) is 25.9 Å². The van der Waals surface area contributed by atoms with Gasteiger partial charge in [0.05, 0.1) is 11.4 Å². The van der Waals surface area contributed by atoms with Gasteiger partial charge in [0.15, 0.2) is 0 Å². The summed E-state index contributed by atoms with van der Waals surface area (Å²) in [5.74, 6) is 0. The molecule has 0 spiro atoms. The zero-order valence-corrected chi connectivity index (χ0v) is 12.8. The molecule has 1 fully saturated rings. The van der Waals surface area contributed by atoms with Gasteiger partial charge in [-0.25, -0.2) is 13.1 Å². The number of nitrogens with one attached hydrogen (secondary N) is 1. The number of aryl methyl sites for hydroxylation is 2. The summed E-state index contributed by atoms with van der Waals surface area (Å²) >= 11 is 0. The van der Waals surface area contributed by atoms with Crippen LogP contribution in [0.15, 0.2) is 4.90 Å². The molecule has 0 atom stereocenters. The van der Waals surface area contributed by atoms with E-state index in [4.69, 9.17) is 0 Å². The van der Waals surface area contributed by atoms with Crippen molar-refractivity contribution in [1.82, 2.24) is 19.4 Å². The number of nitrogens with zero attached hydrogens (tertiary/aromatic N) is 3. The summed E-state index contributed by atoms with van der Waals surface area (Å²) in [7, 11) is 0.347. The van der Waals surface area contributed by atoms with Crippen LogP contribution in [-0.4, -0.2) is 49.3 Å². The minimum atomic E-state index is -3.47. The topological polar surface area (TPSA) is 67.2 Å². The van der Waals surface area contributed by atoms with Gasteiger partial charge in [-0.1, -0.05) is 0 Å². The Kier molecular flexibility index (Phi) is 3.98. The van der Waals surface area contributed by atoms with Crippen molar-refractivity contribution in [2.24, 2.45) is 7.05 Å². The number of sulfonamides is 1. The van der Waals surface area contributed by atoms with Gasteiger partial charge >= 0.3 is 0 Å². The van der Waals surface area contributed by atoms with Crippen LogP contribution in [-0.2, 0) is 17.1 Å². The Bertz CT molecular complexity index is 557. The van der Waals surface area contributed by atoms with E-state index in [9.17, 15) is 8.42 Å². The van der Waals surface area contributed by atoms with Gasteiger partial charge < -0.3 is 4.90 Å². The van der Waals surface area contributed by atoms with Crippen LogP contribution in [0, 0.1) is 13.8 Å². The first-order chi connectivity index (χ1) is 8.81. The maximum absolute atomic E-state index is 12.5. The number of aromatic nitrogens is 2. The van der Waals surface area contributed by atoms with Crippen molar-refractivity contribution < 1.29 is 8.42 Å². The van der Waals surface area contributed by atoms with E-state index in [1.807, 2.05) is 0 Å². The molecule has 1 N–H and O–H groups in total. The van der Waals surface area contributed by atoms with Gasteiger partial charge in [-0.05, 0) is 46.8 Å². The molecule has 7 heteroatoms. The number of likely N-dealkylation sites (tertiary alicyclic amines) is 1. The van der Waals surface area contributed by atoms with Crippen LogP contribution in [0.3, 0.4) is 0 Å². The van der Waals surface area contributed by atoms with Crippen molar-refractivity contribution in [3.63, 3.8) is 0 Å². The van der Waals surface area contributed by atoms with Crippen molar-refractivity contribution in [2.75, 3.05) is 20.1 Å². The highest BCUT2D eigenvalue weighted by Crippen LogP contribution is 2.20. The van der Waals surface area contributed by atoms with Crippen LogP contribution >= 0.6 is 0 Å². The maximum atomic E-state index is 12.5. The van der Waals surface area contributed by atoms with E-state index in [2.05, 4.69) is 21.8 Å². The van der Waals surface area contributed by atoms with E-state index in [-0.39, 0.29) is 6.04 Å². The lowest BCUT2D eigenvalue weighted by atomic mass is 10.1. The summed E-state index contributed by atoms with van der Waals surface area (Å²) in [5.41, 5.74) is 1.23. The summed E-state index contributed by atoms with van der Waals surface area (Å²) in [6.07, 6.45) is 1.71. The summed E-state index contributed by atoms with van der Waals surface area (Å²) in [6, 6.07) is 0.0280. The Morgan fingerprint density at radius 2 is 1.79 bits per heavy atom. The summed E-state index contributed by atoms with van der Waals surface area (Å²) in [6.45, 7) is 5.37. The normalized spacial score (nSPS) is 18.9. The minimum Gasteiger partial charge on any atom is -0.306 e. The van der Waals surface area contributed by atoms with Gasteiger partial charge in [-0.2, -0.15) is 5.10 Å². The molecule has 6 nitrogen and oxygen atoms in total. The van der Waals surface area contributed by atoms with Gasteiger partial charge in [-0.3, -0.25) is 4.68 Å². The van der Waals surface area contributed by atoms with Crippen LogP contribution in [0.5, 0.6) is 0 Å². The molecule has 0 aliphatic carbocycles. The Morgan fingerprint density at radius 3 is 2.26 bits per heavy atom. The zero-order valence-electron chi connectivity index (χ0n) is 12.0. The summed E-state index contributed by atoms with van der Waals surface area (Å²) < 4.78 is 29.3. The van der Waals surface area contributed by atoms with Crippen LogP contribution in [0.4, 0.5) is 0 Å². The molecule has 0 unspecified atom stereocenters. The standard InChI is InChI=1S/C12H22N4O2S/c1-9-12(10(2)16(4)13-9)19(17,18)14-11-5-7-15(3)8-6-11/h11,14H,5-8H2,1-4H3. The van der Waals surface area contributed by atoms with Crippen LogP contribution in [0.2, 0.25) is 0 Å². The van der Waals surface area contributed by atoms with Crippen molar-refractivity contribution >= 4 is 10.0 Å². The average molecular weight is 286 g/mol. The Morgan fingerprint density at radius 1 is 1.21 bits per heavy atom. The number of hydrogen-bond acceptors (Lipinski definition) is 4. The highest BCUT2D eigenvalue weighted by Gasteiger charge is 2.28. The van der Waals surface area contributed by atoms with E-state index in [1.54, 1.807) is 25.6 Å². The molecule has 19 heavy (non-hydrogen) atoms. The molecule has 1 saturated heterocycles. The fraction of sp³-hybridized carbons (Fsp3) is 0.750. The molecule has 1 aromatic rings. The predicted octanol–water partition coefficient (Wildman–Crippen LogP) is 0.409. The molecule has 1 aromatic heterocycles. The monoisotopic (exact) mass is 286 g/mol. The molecular weight excluding hydrogens is 264 g/mol. The van der Waals surface area contributed by atoms with Gasteiger partial charge in [0.25, 0.3) is 0 Å². The van der Waals surface area contributed by atoms with Crippen molar-refractivity contribution in [3.8, 4) is 0 Å². The molecule has 2 rings (SSSR count). The summed E-state index contributed by atoms with van der Waals surface area (Å²) in [5, 5.41) is 4.17. The lowest BCUT2D eigenvalue weighted by molar-refractivity contribution is 0.248. The van der Waals surface area contributed by atoms with E-state index >= 15 is 0 Å². The highest BCUT2D eigenvalue weighted by atomic mass is 32.2. The van der Waals surface area contributed by atoms with Crippen LogP contribution in [0.25, 0.3) is 0 Å². The summed E-state index contributed by atoms with van der Waals surface area (Å²) in [4.78, 5) is 2.54. The molecule has 1 aliphatic rings. The van der Waals surface area contributed by atoms with E-state index < -0.39 is 10.0 Å². The molecule has 0 bridgehead atoms. The van der Waals surface area contributed by atoms with Gasteiger partial charge in [0.1, 0.15) is 4.90 Å². The first kappa shape index (κ1) is 14.5. The lowest BCUT2D eigenvalue weighted by Gasteiger charge is -2.29. The fourth-order valence-electron chi connectivity index (χ4n) is 2.55. The molecule has 2 heterocycles. The molecule has 1 aliphatic heterocycles. The molecule has 0 saturated carbocycles. The molecule has 0 radical (unpaired) electrons. The van der Waals surface area contributed by atoms with Gasteiger partial charge in [-0.15, -0.1) is 0 Å². The second-order valence-electron chi connectivity index (χ2n) is 5.32. The molecule has 108 valence electrons. The minimum absolute atomic E-state index is 0.0280. The average Bonchev–Trinajstić information content (AvgIpc) is 2.56. The smallest absolute Gasteiger partial charge is 0.244 e. The van der Waals surface area contributed by atoms with Crippen LogP contribution in [0.1, 0.15) is 24.2 Å². The third-order valence-electron chi connectivity index (χ3n) is 3.75. The van der Waals surface area contributed by atoms with Crippen molar-refractivity contribution in [3.05, 3.63) is 11.4 Å². The number of rotatable bonds is 3. The molecular formula is C12H22N4O2S. The molecule has 0 amide bonds. The third kappa shape index (κ3) is 2.98. The van der Waals surface area contributed by atoms with Crippen molar-refractivity contribution in [1.29, 1.82) is 0 Å². The molecule has 0 aromatic carbocycles. The van der Waals surface area contributed by atoms with Gasteiger partial charge in [0.2, 0.25) is 10.0 Å². The van der Waals surface area contributed by atoms with E-state index in [0.29, 0.717) is 16.3 Å². The fourth-order valence-corrected chi connectivity index (χ4v) is 4.29. The largest absolute Gasteiger partial charge is 0.306 e. The lowest BCUT2D eigenvalue weighted by Crippen LogP contribution is -2.43. The SMILES string of the molecule is Cc1nn(C)c(C)c1S(=O)(=O)NC1CCN(C)CC1. The number of hydrogen-bond donors (Lipinski definition) is 1. The Balaban J connectivity index is 2.19. The first-order valence-corrected chi connectivity index (χ1v) is 8.00. The van der Waals surface area contributed by atoms with E-state index in [1.165, 1.54) is 0 Å². The quantitative estimate of drug-likeness (QED) is 0.874. The number of piperidine rings is 1. The van der Waals surface area contributed by atoms with Gasteiger partial charge in [0, 0.05) is 13.1 Å². The third-order valence-corrected chi connectivity index (χ3v) is 5.52. The Hall–Kier alpha value is -0.920. The second-order valence-corrected chi connectivity index (χ2v) is 6.97. The highest BCUT2D eigenvalue weighted by molar-refractivity contribution is 7.89. The zero-order chi connectivity index (χ0) is 14.2. The Labute approximate surface area is 114 Å². The predicted molar refractivity (Wildman–Crippen MR) is 73.5 cm³/mol. The second kappa shape index (κ2) is 5.22. The van der Waals surface area contributed by atoms with Crippen LogP contribution < -0.4 is 4.72 Å². The first-order valence-electron chi connectivity index (χ1n) is 6.52. The van der Waals surface area contributed by atoms with Crippen molar-refractivity contribution in [2.45, 2.75) is 37.6 Å². The maximum Gasteiger partial charge on any atom is 0.244 e.